The van der Waals surface area contributed by atoms with Crippen LogP contribution in [0.25, 0.3) is 5.69 Å². The van der Waals surface area contributed by atoms with Gasteiger partial charge in [0.1, 0.15) is 0 Å². The van der Waals surface area contributed by atoms with E-state index < -0.39 is 23.9 Å². The fraction of sp³-hybridized carbons (Fsp3) is 0.412. The maximum Gasteiger partial charge on any atom is 0.416 e. The van der Waals surface area contributed by atoms with Gasteiger partial charge in [0, 0.05) is 13.0 Å². The molecule has 0 aliphatic carbocycles. The van der Waals surface area contributed by atoms with E-state index in [0.717, 1.165) is 25.0 Å². The number of benzene rings is 1. The van der Waals surface area contributed by atoms with Gasteiger partial charge in [0.2, 0.25) is 0 Å². The summed E-state index contributed by atoms with van der Waals surface area (Å²) in [4.78, 5) is 17.5. The third-order valence-electron chi connectivity index (χ3n) is 4.09. The van der Waals surface area contributed by atoms with Gasteiger partial charge in [-0.05, 0) is 38.0 Å². The Morgan fingerprint density at radius 3 is 2.88 bits per heavy atom. The molecular formula is C17H18F3N3O3. The number of aromatic nitrogens is 2. The molecule has 0 radical (unpaired) electrons. The van der Waals surface area contributed by atoms with Gasteiger partial charge in [-0.1, -0.05) is 6.07 Å². The van der Waals surface area contributed by atoms with Gasteiger partial charge < -0.3 is 4.74 Å². The zero-order chi connectivity index (χ0) is 18.7. The molecule has 6 nitrogen and oxygen atoms in total. The Balaban J connectivity index is 1.74. The fourth-order valence-electron chi connectivity index (χ4n) is 2.69. The van der Waals surface area contributed by atoms with Crippen LogP contribution >= 0.6 is 0 Å². The van der Waals surface area contributed by atoms with E-state index >= 15 is 0 Å². The van der Waals surface area contributed by atoms with Crippen molar-refractivity contribution in [2.45, 2.75) is 38.7 Å². The first-order valence-corrected chi connectivity index (χ1v) is 8.16. The van der Waals surface area contributed by atoms with Crippen molar-refractivity contribution in [3.05, 3.63) is 47.3 Å². The molecule has 0 unspecified atom stereocenters. The lowest BCUT2D eigenvalue weighted by atomic mass is 10.2. The van der Waals surface area contributed by atoms with Gasteiger partial charge in [-0.15, -0.1) is 0 Å². The Labute approximate surface area is 147 Å². The smallest absolute Gasteiger partial charge is 0.350 e. The zero-order valence-corrected chi connectivity index (χ0v) is 14.0. The minimum atomic E-state index is -4.45. The Morgan fingerprint density at radius 2 is 2.19 bits per heavy atom. The molecule has 2 aromatic rings. The van der Waals surface area contributed by atoms with Crippen LogP contribution in [0.15, 0.2) is 30.5 Å². The van der Waals surface area contributed by atoms with Gasteiger partial charge in [-0.25, -0.2) is 15.0 Å². The summed E-state index contributed by atoms with van der Waals surface area (Å²) >= 11 is 0. The van der Waals surface area contributed by atoms with Crippen LogP contribution in [0.3, 0.4) is 0 Å². The number of hydrogen-bond donors (Lipinski definition) is 1. The zero-order valence-electron chi connectivity index (χ0n) is 14.0. The van der Waals surface area contributed by atoms with E-state index in [1.807, 2.05) is 0 Å². The normalized spacial score (nSPS) is 17.9. The number of rotatable bonds is 4. The molecule has 1 saturated heterocycles. The number of halogens is 3. The first kappa shape index (κ1) is 18.4. The first-order valence-electron chi connectivity index (χ1n) is 8.16. The standard InChI is InChI=1S/C17H18F3N3O3/c1-11-14(16(24)22-26-15-7-2-3-8-25-15)10-21-23(11)13-6-4-5-12(9-13)17(18,19)20/h4-6,9-10,15H,2-3,7-8H2,1H3,(H,22,24)/t15-/m0/s1. The summed E-state index contributed by atoms with van der Waals surface area (Å²) in [5.74, 6) is -0.533. The average Bonchev–Trinajstić information content (AvgIpc) is 3.01. The highest BCUT2D eigenvalue weighted by Crippen LogP contribution is 2.30. The second-order valence-corrected chi connectivity index (χ2v) is 5.95. The van der Waals surface area contributed by atoms with Crippen LogP contribution in [0, 0.1) is 6.92 Å². The van der Waals surface area contributed by atoms with Crippen molar-refractivity contribution in [2.24, 2.45) is 0 Å². The van der Waals surface area contributed by atoms with E-state index in [-0.39, 0.29) is 11.3 Å². The minimum Gasteiger partial charge on any atom is -0.350 e. The third-order valence-corrected chi connectivity index (χ3v) is 4.09. The van der Waals surface area contributed by atoms with Crippen LogP contribution in [0.5, 0.6) is 0 Å². The molecule has 0 bridgehead atoms. The number of alkyl halides is 3. The molecule has 3 rings (SSSR count). The first-order chi connectivity index (χ1) is 12.4. The quantitative estimate of drug-likeness (QED) is 0.839. The summed E-state index contributed by atoms with van der Waals surface area (Å²) in [6, 6.07) is 4.74. The number of carbonyl (C=O) groups excluding carboxylic acids is 1. The second-order valence-electron chi connectivity index (χ2n) is 5.95. The molecule has 1 aliphatic heterocycles. The molecule has 9 heteroatoms. The Morgan fingerprint density at radius 1 is 1.38 bits per heavy atom. The lowest BCUT2D eigenvalue weighted by molar-refractivity contribution is -0.186. The maximum atomic E-state index is 12.9. The Bertz CT molecular complexity index is 783. The molecule has 1 amide bonds. The van der Waals surface area contributed by atoms with E-state index in [4.69, 9.17) is 9.57 Å². The highest BCUT2D eigenvalue weighted by atomic mass is 19.4. The summed E-state index contributed by atoms with van der Waals surface area (Å²) in [6.07, 6.45) is -1.07. The number of ether oxygens (including phenoxy) is 1. The van der Waals surface area contributed by atoms with Crippen molar-refractivity contribution in [3.63, 3.8) is 0 Å². The summed E-state index contributed by atoms with van der Waals surface area (Å²) < 4.78 is 45.2. The maximum absolute atomic E-state index is 12.9. The van der Waals surface area contributed by atoms with E-state index in [1.54, 1.807) is 6.92 Å². The Hall–Kier alpha value is -2.39. The van der Waals surface area contributed by atoms with Crippen molar-refractivity contribution in [1.82, 2.24) is 15.3 Å². The highest BCUT2D eigenvalue weighted by Gasteiger charge is 2.30. The van der Waals surface area contributed by atoms with E-state index in [9.17, 15) is 18.0 Å². The molecule has 1 aliphatic rings. The monoisotopic (exact) mass is 369 g/mol. The van der Waals surface area contributed by atoms with Gasteiger partial charge >= 0.3 is 6.18 Å². The van der Waals surface area contributed by atoms with Crippen LogP contribution in [0.2, 0.25) is 0 Å². The minimum absolute atomic E-state index is 0.207. The van der Waals surface area contributed by atoms with Crippen molar-refractivity contribution < 1.29 is 27.5 Å². The third kappa shape index (κ3) is 4.05. The SMILES string of the molecule is Cc1c(C(=O)NO[C@H]2CCCCO2)cnn1-c1cccc(C(F)(F)F)c1. The number of amides is 1. The highest BCUT2D eigenvalue weighted by molar-refractivity contribution is 5.94. The number of carbonyl (C=O) groups is 1. The van der Waals surface area contributed by atoms with Gasteiger partial charge in [0.05, 0.1) is 28.7 Å². The van der Waals surface area contributed by atoms with Gasteiger partial charge in [-0.3, -0.25) is 4.79 Å². The number of nitrogens with zero attached hydrogens (tertiary/aromatic N) is 2. The van der Waals surface area contributed by atoms with Crippen LogP contribution in [0.4, 0.5) is 13.2 Å². The van der Waals surface area contributed by atoms with E-state index in [1.165, 1.54) is 23.0 Å². The second kappa shape index (κ2) is 7.46. The van der Waals surface area contributed by atoms with Gasteiger partial charge in [0.15, 0.2) is 6.29 Å². The lowest BCUT2D eigenvalue weighted by Crippen LogP contribution is -2.33. The van der Waals surface area contributed by atoms with Crippen LogP contribution < -0.4 is 5.48 Å². The molecule has 1 fully saturated rings. The topological polar surface area (TPSA) is 65.4 Å². The molecule has 140 valence electrons. The largest absolute Gasteiger partial charge is 0.416 e. The summed E-state index contributed by atoms with van der Waals surface area (Å²) in [5, 5.41) is 4.03. The molecule has 1 aromatic carbocycles. The van der Waals surface area contributed by atoms with E-state index in [0.29, 0.717) is 18.7 Å². The van der Waals surface area contributed by atoms with Crippen LogP contribution in [-0.4, -0.2) is 28.6 Å². The van der Waals surface area contributed by atoms with Gasteiger partial charge in [-0.2, -0.15) is 18.3 Å². The van der Waals surface area contributed by atoms with Crippen molar-refractivity contribution in [2.75, 3.05) is 6.61 Å². The number of nitrogens with one attached hydrogen (secondary N) is 1. The Kier molecular flexibility index (Phi) is 5.28. The predicted molar refractivity (Wildman–Crippen MR) is 85.4 cm³/mol. The molecule has 0 spiro atoms. The van der Waals surface area contributed by atoms with Crippen LogP contribution in [0.1, 0.15) is 40.9 Å². The van der Waals surface area contributed by atoms with E-state index in [2.05, 4.69) is 10.6 Å². The average molecular weight is 369 g/mol. The summed E-state index contributed by atoms with van der Waals surface area (Å²) in [5.41, 5.74) is 2.35. The van der Waals surface area contributed by atoms with Crippen molar-refractivity contribution >= 4 is 5.91 Å². The predicted octanol–water partition coefficient (Wildman–Crippen LogP) is 3.39. The molecule has 1 N–H and O–H groups in total. The molecule has 1 aromatic heterocycles. The summed E-state index contributed by atoms with van der Waals surface area (Å²) in [7, 11) is 0. The fourth-order valence-corrected chi connectivity index (χ4v) is 2.69. The van der Waals surface area contributed by atoms with Crippen molar-refractivity contribution in [3.8, 4) is 5.69 Å². The molecule has 1 atom stereocenters. The number of hydroxylamine groups is 1. The molecular weight excluding hydrogens is 351 g/mol. The van der Waals surface area contributed by atoms with Gasteiger partial charge in [0.25, 0.3) is 5.91 Å². The summed E-state index contributed by atoms with van der Waals surface area (Å²) in [6.45, 7) is 2.17. The number of hydrogen-bond acceptors (Lipinski definition) is 4. The van der Waals surface area contributed by atoms with Crippen LogP contribution in [-0.2, 0) is 15.8 Å². The molecule has 0 saturated carbocycles. The molecule has 2 heterocycles. The van der Waals surface area contributed by atoms with Crippen molar-refractivity contribution in [1.29, 1.82) is 0 Å². The molecule has 26 heavy (non-hydrogen) atoms. The lowest BCUT2D eigenvalue weighted by Gasteiger charge is -2.22.